The molecular formula is C30H39FN6O. The largest absolute Gasteiger partial charge is 0.354 e. The molecule has 0 unspecified atom stereocenters. The number of rotatable bonds is 5. The van der Waals surface area contributed by atoms with E-state index in [1.54, 1.807) is 12.1 Å². The fourth-order valence-electron chi connectivity index (χ4n) is 6.72. The quantitative estimate of drug-likeness (QED) is 0.439. The Morgan fingerprint density at radius 1 is 0.895 bits per heavy atom. The molecule has 1 aliphatic heterocycles. The van der Waals surface area contributed by atoms with Gasteiger partial charge < -0.3 is 9.80 Å². The molecule has 6 rings (SSSR count). The molecule has 0 spiro atoms. The van der Waals surface area contributed by atoms with Crippen LogP contribution in [0.2, 0.25) is 0 Å². The number of amides is 1. The number of hydrogen-bond donors (Lipinski definition) is 0. The first-order chi connectivity index (χ1) is 18.6. The van der Waals surface area contributed by atoms with Gasteiger partial charge in [-0.1, -0.05) is 44.9 Å². The van der Waals surface area contributed by atoms with E-state index < -0.39 is 0 Å². The summed E-state index contributed by atoms with van der Waals surface area (Å²) in [6.07, 6.45) is 12.6. The molecule has 2 aliphatic carbocycles. The average molecular weight is 519 g/mol. The molecular weight excluding hydrogens is 479 g/mol. The lowest BCUT2D eigenvalue weighted by Gasteiger charge is -2.26. The summed E-state index contributed by atoms with van der Waals surface area (Å²) in [5.74, 6) is 2.70. The van der Waals surface area contributed by atoms with E-state index in [-0.39, 0.29) is 11.7 Å². The Bertz CT molecular complexity index is 1280. The van der Waals surface area contributed by atoms with E-state index in [0.29, 0.717) is 11.8 Å². The number of aromatic nitrogens is 4. The van der Waals surface area contributed by atoms with Crippen molar-refractivity contribution in [3.8, 4) is 5.69 Å². The Hall–Kier alpha value is -3.03. The van der Waals surface area contributed by atoms with Gasteiger partial charge in [-0.2, -0.15) is 5.10 Å². The number of aryl methyl sites for hydroxylation is 1. The van der Waals surface area contributed by atoms with Crippen molar-refractivity contribution in [3.05, 3.63) is 41.6 Å². The topological polar surface area (TPSA) is 67.2 Å². The molecule has 3 aliphatic rings. The number of anilines is 1. The summed E-state index contributed by atoms with van der Waals surface area (Å²) in [5, 5.41) is 5.81. The van der Waals surface area contributed by atoms with Crippen molar-refractivity contribution in [2.75, 3.05) is 31.1 Å². The number of hydrogen-bond acceptors (Lipinski definition) is 5. The molecule has 202 valence electrons. The van der Waals surface area contributed by atoms with E-state index in [1.165, 1.54) is 57.1 Å². The van der Waals surface area contributed by atoms with Crippen LogP contribution in [0.5, 0.6) is 0 Å². The third kappa shape index (κ3) is 5.14. The Labute approximate surface area is 224 Å². The molecule has 1 amide bonds. The smallest absolute Gasteiger partial charge is 0.225 e. The Kier molecular flexibility index (Phi) is 7.30. The summed E-state index contributed by atoms with van der Waals surface area (Å²) >= 11 is 0. The first-order valence-electron chi connectivity index (χ1n) is 14.6. The summed E-state index contributed by atoms with van der Waals surface area (Å²) in [6, 6.07) is 6.44. The second-order valence-electron chi connectivity index (χ2n) is 11.5. The van der Waals surface area contributed by atoms with Crippen molar-refractivity contribution >= 4 is 22.8 Å². The second kappa shape index (κ2) is 11.0. The highest BCUT2D eigenvalue weighted by Gasteiger charge is 2.30. The van der Waals surface area contributed by atoms with Gasteiger partial charge in [-0.05, 0) is 56.4 Å². The van der Waals surface area contributed by atoms with Gasteiger partial charge in [-0.25, -0.2) is 19.0 Å². The molecule has 0 bridgehead atoms. The van der Waals surface area contributed by atoms with E-state index in [1.807, 2.05) is 11.6 Å². The van der Waals surface area contributed by atoms with Crippen LogP contribution >= 0.6 is 0 Å². The predicted molar refractivity (Wildman–Crippen MR) is 147 cm³/mol. The van der Waals surface area contributed by atoms with E-state index in [2.05, 4.69) is 9.80 Å². The summed E-state index contributed by atoms with van der Waals surface area (Å²) in [4.78, 5) is 27.9. The van der Waals surface area contributed by atoms with Crippen molar-refractivity contribution < 1.29 is 9.18 Å². The zero-order valence-electron chi connectivity index (χ0n) is 22.5. The lowest BCUT2D eigenvalue weighted by Crippen LogP contribution is -2.38. The number of fused-ring (bicyclic) bond motifs is 1. The standard InChI is InChI=1S/C30H39FN6O/c1-21-27-28(35-16-7-17-36(19-18-35)30(38)23-10-5-6-11-23)32-26(20-22-8-3-2-4-9-22)33-29(27)37(34-21)25-14-12-24(31)13-15-25/h12-15,22-23H,2-11,16-20H2,1H3. The summed E-state index contributed by atoms with van der Waals surface area (Å²) < 4.78 is 15.5. The third-order valence-corrected chi connectivity index (χ3v) is 8.81. The zero-order valence-corrected chi connectivity index (χ0v) is 22.5. The molecule has 1 saturated heterocycles. The number of benzene rings is 1. The lowest BCUT2D eigenvalue weighted by atomic mass is 9.87. The molecule has 7 nitrogen and oxygen atoms in total. The summed E-state index contributed by atoms with van der Waals surface area (Å²) in [6.45, 7) is 5.15. The van der Waals surface area contributed by atoms with Gasteiger partial charge in [0.05, 0.1) is 16.8 Å². The van der Waals surface area contributed by atoms with Gasteiger partial charge in [0.25, 0.3) is 0 Å². The fraction of sp³-hybridized carbons (Fsp3) is 0.600. The minimum atomic E-state index is -0.267. The third-order valence-electron chi connectivity index (χ3n) is 8.81. The summed E-state index contributed by atoms with van der Waals surface area (Å²) in [5.41, 5.74) is 2.45. The van der Waals surface area contributed by atoms with Gasteiger partial charge in [0, 0.05) is 38.5 Å². The first kappa shape index (κ1) is 25.3. The maximum atomic E-state index is 13.7. The maximum absolute atomic E-state index is 13.7. The van der Waals surface area contributed by atoms with Crippen LogP contribution in [-0.4, -0.2) is 56.7 Å². The monoisotopic (exact) mass is 518 g/mol. The Balaban J connectivity index is 1.35. The normalized spacial score (nSPS) is 19.8. The van der Waals surface area contributed by atoms with Crippen molar-refractivity contribution in [1.82, 2.24) is 24.6 Å². The van der Waals surface area contributed by atoms with E-state index >= 15 is 0 Å². The van der Waals surface area contributed by atoms with Gasteiger partial charge in [0.15, 0.2) is 5.65 Å². The van der Waals surface area contributed by atoms with Crippen LogP contribution < -0.4 is 4.90 Å². The lowest BCUT2D eigenvalue weighted by molar-refractivity contribution is -0.135. The van der Waals surface area contributed by atoms with Gasteiger partial charge in [0.2, 0.25) is 5.91 Å². The molecule has 8 heteroatoms. The summed E-state index contributed by atoms with van der Waals surface area (Å²) in [7, 11) is 0. The molecule has 3 heterocycles. The number of halogens is 1. The molecule has 2 aromatic heterocycles. The second-order valence-corrected chi connectivity index (χ2v) is 11.5. The van der Waals surface area contributed by atoms with Crippen LogP contribution in [0.4, 0.5) is 10.2 Å². The highest BCUT2D eigenvalue weighted by atomic mass is 19.1. The highest BCUT2D eigenvalue weighted by molar-refractivity contribution is 5.91. The van der Waals surface area contributed by atoms with Crippen molar-refractivity contribution in [1.29, 1.82) is 0 Å². The SMILES string of the molecule is Cc1nn(-c2ccc(F)cc2)c2nc(CC3CCCCC3)nc(N3CCCN(C(=O)C4CCCC4)CC3)c12. The molecule has 38 heavy (non-hydrogen) atoms. The van der Waals surface area contributed by atoms with Crippen LogP contribution in [0.25, 0.3) is 16.7 Å². The highest BCUT2D eigenvalue weighted by Crippen LogP contribution is 2.33. The van der Waals surface area contributed by atoms with Crippen LogP contribution in [0.3, 0.4) is 0 Å². The molecule has 3 aromatic rings. The number of nitrogens with zero attached hydrogens (tertiary/aromatic N) is 6. The number of carbonyl (C=O) groups is 1. The molecule has 3 fully saturated rings. The van der Waals surface area contributed by atoms with Gasteiger partial charge >= 0.3 is 0 Å². The number of carbonyl (C=O) groups excluding carboxylic acids is 1. The van der Waals surface area contributed by atoms with Crippen LogP contribution in [0.1, 0.15) is 75.7 Å². The van der Waals surface area contributed by atoms with Crippen LogP contribution in [0.15, 0.2) is 24.3 Å². The van der Waals surface area contributed by atoms with E-state index in [9.17, 15) is 9.18 Å². The minimum Gasteiger partial charge on any atom is -0.354 e. The molecule has 1 aromatic carbocycles. The molecule has 0 radical (unpaired) electrons. The molecule has 0 N–H and O–H groups in total. The minimum absolute atomic E-state index is 0.214. The first-order valence-corrected chi connectivity index (χ1v) is 14.6. The fourth-order valence-corrected chi connectivity index (χ4v) is 6.72. The molecule has 0 atom stereocenters. The average Bonchev–Trinajstić information content (AvgIpc) is 3.51. The van der Waals surface area contributed by atoms with Crippen LogP contribution in [0, 0.1) is 24.6 Å². The molecule has 2 saturated carbocycles. The van der Waals surface area contributed by atoms with Crippen LogP contribution in [-0.2, 0) is 11.2 Å². The Morgan fingerprint density at radius 2 is 1.63 bits per heavy atom. The van der Waals surface area contributed by atoms with Gasteiger partial charge in [-0.3, -0.25) is 4.79 Å². The van der Waals surface area contributed by atoms with Gasteiger partial charge in [-0.15, -0.1) is 0 Å². The van der Waals surface area contributed by atoms with E-state index in [4.69, 9.17) is 15.1 Å². The van der Waals surface area contributed by atoms with Crippen molar-refractivity contribution in [2.24, 2.45) is 11.8 Å². The predicted octanol–water partition coefficient (Wildman–Crippen LogP) is 5.61. The maximum Gasteiger partial charge on any atom is 0.225 e. The van der Waals surface area contributed by atoms with E-state index in [0.717, 1.165) is 85.9 Å². The Morgan fingerprint density at radius 3 is 2.39 bits per heavy atom. The van der Waals surface area contributed by atoms with Crippen molar-refractivity contribution in [2.45, 2.75) is 77.6 Å². The van der Waals surface area contributed by atoms with Gasteiger partial charge in [0.1, 0.15) is 17.5 Å². The van der Waals surface area contributed by atoms with Crippen molar-refractivity contribution in [3.63, 3.8) is 0 Å². The zero-order chi connectivity index (χ0) is 26.1.